The molecule has 140 valence electrons. The zero-order chi connectivity index (χ0) is 18.5. The van der Waals surface area contributed by atoms with Crippen LogP contribution >= 0.6 is 0 Å². The molecule has 1 saturated heterocycles. The normalized spacial score (nSPS) is 53.9. The number of ketones is 2. The summed E-state index contributed by atoms with van der Waals surface area (Å²) in [4.78, 5) is 24.3. The Morgan fingerprint density at radius 3 is 2.81 bits per heavy atom. The highest BCUT2D eigenvalue weighted by molar-refractivity contribution is 6.01. The van der Waals surface area contributed by atoms with Gasteiger partial charge < -0.3 is 14.9 Å². The summed E-state index contributed by atoms with van der Waals surface area (Å²) in [6.45, 7) is 3.57. The fourth-order valence-electron chi connectivity index (χ4n) is 7.24. The number of hydrogen-bond acceptors (Lipinski definition) is 5. The quantitative estimate of drug-likeness (QED) is 0.734. The number of rotatable bonds is 2. The van der Waals surface area contributed by atoms with E-state index < -0.39 is 23.4 Å². The van der Waals surface area contributed by atoms with Gasteiger partial charge in [-0.25, -0.2) is 0 Å². The summed E-state index contributed by atoms with van der Waals surface area (Å²) >= 11 is 0. The van der Waals surface area contributed by atoms with Crippen LogP contribution in [0.1, 0.15) is 46.0 Å². The van der Waals surface area contributed by atoms with E-state index in [1.54, 1.807) is 12.2 Å². The standard InChI is InChI=1S/C21H26O5/c1-18-7-5-13(23)9-12(18)3-4-15-14-6-8-20(25,16(24)11-22)19(14,2)10-17-21(15,18)26-17/h5,7,9,14-15,17,22,25H,3-4,6,8,10-11H2,1-2H3/t14-,15+,17-,18-,19+,20-,21+/m0/s1. The lowest BCUT2D eigenvalue weighted by molar-refractivity contribution is -0.159. The lowest BCUT2D eigenvalue weighted by Crippen LogP contribution is -2.61. The lowest BCUT2D eigenvalue weighted by Gasteiger charge is -2.55. The van der Waals surface area contributed by atoms with Gasteiger partial charge in [0, 0.05) is 10.8 Å². The molecule has 1 aliphatic heterocycles. The van der Waals surface area contributed by atoms with Crippen LogP contribution in [0.25, 0.3) is 0 Å². The van der Waals surface area contributed by atoms with Crippen molar-refractivity contribution in [3.05, 3.63) is 23.8 Å². The van der Waals surface area contributed by atoms with Crippen molar-refractivity contribution in [1.29, 1.82) is 0 Å². The van der Waals surface area contributed by atoms with Gasteiger partial charge in [0.05, 0.1) is 6.10 Å². The molecule has 0 aromatic rings. The summed E-state index contributed by atoms with van der Waals surface area (Å²) in [6, 6.07) is 0. The summed E-state index contributed by atoms with van der Waals surface area (Å²) in [7, 11) is 0. The first-order chi connectivity index (χ1) is 12.2. The number of epoxide rings is 1. The Morgan fingerprint density at radius 1 is 1.31 bits per heavy atom. The second-order valence-corrected chi connectivity index (χ2v) is 9.36. The third-order valence-corrected chi connectivity index (χ3v) is 8.69. The summed E-state index contributed by atoms with van der Waals surface area (Å²) in [5.41, 5.74) is -1.45. The average molecular weight is 358 g/mol. The van der Waals surface area contributed by atoms with Crippen LogP contribution in [0.3, 0.4) is 0 Å². The predicted molar refractivity (Wildman–Crippen MR) is 93.2 cm³/mol. The molecule has 0 aromatic heterocycles. The van der Waals surface area contributed by atoms with Gasteiger partial charge in [-0.15, -0.1) is 0 Å². The minimum atomic E-state index is -1.46. The zero-order valence-electron chi connectivity index (χ0n) is 15.3. The van der Waals surface area contributed by atoms with Crippen molar-refractivity contribution in [2.45, 2.75) is 63.3 Å². The number of fused-ring (bicyclic) bond motifs is 3. The highest BCUT2D eigenvalue weighted by Crippen LogP contribution is 2.75. The van der Waals surface area contributed by atoms with Gasteiger partial charge in [0.1, 0.15) is 17.8 Å². The molecule has 3 saturated carbocycles. The van der Waals surface area contributed by atoms with E-state index in [2.05, 4.69) is 6.92 Å². The Morgan fingerprint density at radius 2 is 2.08 bits per heavy atom. The maximum absolute atomic E-state index is 12.4. The Bertz CT molecular complexity index is 783. The van der Waals surface area contributed by atoms with Crippen LogP contribution in [-0.2, 0) is 14.3 Å². The van der Waals surface area contributed by atoms with Crippen LogP contribution < -0.4 is 0 Å². The highest BCUT2D eigenvalue weighted by atomic mass is 16.6. The van der Waals surface area contributed by atoms with E-state index in [1.165, 1.54) is 0 Å². The van der Waals surface area contributed by atoms with E-state index in [0.717, 1.165) is 24.8 Å². The van der Waals surface area contributed by atoms with Gasteiger partial charge in [-0.1, -0.05) is 18.6 Å². The van der Waals surface area contributed by atoms with Gasteiger partial charge in [0.15, 0.2) is 11.6 Å². The van der Waals surface area contributed by atoms with Crippen molar-refractivity contribution < 1.29 is 24.5 Å². The van der Waals surface area contributed by atoms with Crippen molar-refractivity contribution in [3.63, 3.8) is 0 Å². The monoisotopic (exact) mass is 358 g/mol. The van der Waals surface area contributed by atoms with Crippen molar-refractivity contribution in [2.24, 2.45) is 22.7 Å². The number of allylic oxidation sites excluding steroid dienone is 2. The second kappa shape index (κ2) is 4.75. The minimum absolute atomic E-state index is 0.0172. The molecular weight excluding hydrogens is 332 g/mol. The molecule has 4 fully saturated rings. The van der Waals surface area contributed by atoms with E-state index in [4.69, 9.17) is 4.74 Å². The number of aliphatic hydroxyl groups excluding tert-OH is 1. The van der Waals surface area contributed by atoms with Gasteiger partial charge in [-0.3, -0.25) is 9.59 Å². The Hall–Kier alpha value is -1.30. The number of Topliss-reactive ketones (excluding diaryl/α,β-unsaturated/α-hetero) is 1. The number of carbonyl (C=O) groups is 2. The summed E-state index contributed by atoms with van der Waals surface area (Å²) < 4.78 is 6.40. The fraction of sp³-hybridized carbons (Fsp3) is 0.714. The maximum atomic E-state index is 12.4. The molecule has 0 bridgehead atoms. The van der Waals surface area contributed by atoms with Gasteiger partial charge in [-0.05, 0) is 63.0 Å². The molecule has 7 atom stereocenters. The second-order valence-electron chi connectivity index (χ2n) is 9.36. The molecule has 5 heteroatoms. The van der Waals surface area contributed by atoms with Gasteiger partial charge in [-0.2, -0.15) is 0 Å². The smallest absolute Gasteiger partial charge is 0.190 e. The molecule has 0 aromatic carbocycles. The molecule has 0 amide bonds. The van der Waals surface area contributed by atoms with Gasteiger partial charge >= 0.3 is 0 Å². The number of hydrogen-bond donors (Lipinski definition) is 2. The predicted octanol–water partition coefficient (Wildman–Crippen LogP) is 1.72. The first kappa shape index (κ1) is 16.8. The molecule has 5 nitrogen and oxygen atoms in total. The fourth-order valence-corrected chi connectivity index (χ4v) is 7.24. The first-order valence-corrected chi connectivity index (χ1v) is 9.71. The van der Waals surface area contributed by atoms with Crippen LogP contribution in [0.2, 0.25) is 0 Å². The third-order valence-electron chi connectivity index (χ3n) is 8.69. The van der Waals surface area contributed by atoms with Crippen LogP contribution in [0, 0.1) is 22.7 Å². The lowest BCUT2D eigenvalue weighted by atomic mass is 9.47. The van der Waals surface area contributed by atoms with E-state index in [0.29, 0.717) is 12.8 Å². The molecule has 2 N–H and O–H groups in total. The summed E-state index contributed by atoms with van der Waals surface area (Å²) in [6.07, 6.45) is 9.04. The topological polar surface area (TPSA) is 87.1 Å². The molecule has 0 unspecified atom stereocenters. The Kier molecular flexibility index (Phi) is 3.08. The summed E-state index contributed by atoms with van der Waals surface area (Å²) in [5, 5.41) is 20.6. The minimum Gasteiger partial charge on any atom is -0.388 e. The maximum Gasteiger partial charge on any atom is 0.190 e. The van der Waals surface area contributed by atoms with Gasteiger partial charge in [0.2, 0.25) is 0 Å². The van der Waals surface area contributed by atoms with Crippen molar-refractivity contribution in [3.8, 4) is 0 Å². The largest absolute Gasteiger partial charge is 0.388 e. The number of carbonyl (C=O) groups excluding carboxylic acids is 2. The van der Waals surface area contributed by atoms with E-state index in [1.807, 2.05) is 13.0 Å². The van der Waals surface area contributed by atoms with Crippen LogP contribution in [0.5, 0.6) is 0 Å². The van der Waals surface area contributed by atoms with Crippen molar-refractivity contribution >= 4 is 11.6 Å². The summed E-state index contributed by atoms with van der Waals surface area (Å²) in [5.74, 6) is 0.0355. The first-order valence-electron chi connectivity index (χ1n) is 9.71. The Labute approximate surface area is 153 Å². The van der Waals surface area contributed by atoms with E-state index in [9.17, 15) is 19.8 Å². The highest BCUT2D eigenvalue weighted by Gasteiger charge is 2.81. The third kappa shape index (κ3) is 1.60. The zero-order valence-corrected chi connectivity index (χ0v) is 15.3. The molecule has 4 aliphatic carbocycles. The van der Waals surface area contributed by atoms with Crippen LogP contribution in [0.4, 0.5) is 0 Å². The molecule has 1 heterocycles. The number of aliphatic hydroxyl groups is 2. The molecule has 0 radical (unpaired) electrons. The molecule has 26 heavy (non-hydrogen) atoms. The molecule has 5 rings (SSSR count). The van der Waals surface area contributed by atoms with E-state index >= 15 is 0 Å². The van der Waals surface area contributed by atoms with Gasteiger partial charge in [0.25, 0.3) is 0 Å². The van der Waals surface area contributed by atoms with Crippen LogP contribution in [0.15, 0.2) is 23.8 Å². The molecule has 1 spiro atoms. The van der Waals surface area contributed by atoms with E-state index in [-0.39, 0.29) is 34.7 Å². The molecular formula is C21H26O5. The Balaban J connectivity index is 1.58. The molecule has 5 aliphatic rings. The van der Waals surface area contributed by atoms with Crippen molar-refractivity contribution in [2.75, 3.05) is 6.61 Å². The van der Waals surface area contributed by atoms with Crippen LogP contribution in [-0.4, -0.2) is 45.7 Å². The SMILES string of the molecule is C[C@]12C=CC(=O)C=C1CC[C@@H]1[C@@H]3CC[C@](O)(C(=O)CO)[C@]3(C)C[C@@H]3O[C@@]312. The van der Waals surface area contributed by atoms with Crippen molar-refractivity contribution in [1.82, 2.24) is 0 Å². The number of ether oxygens (including phenoxy) is 1. The average Bonchev–Trinajstić information content (AvgIpc) is 3.27.